The molecule has 0 bridgehead atoms. The fourth-order valence-corrected chi connectivity index (χ4v) is 4.36. The van der Waals surface area contributed by atoms with Gasteiger partial charge >= 0.3 is 11.9 Å². The van der Waals surface area contributed by atoms with Gasteiger partial charge < -0.3 is 9.47 Å². The lowest BCUT2D eigenvalue weighted by Gasteiger charge is -2.30. The highest BCUT2D eigenvalue weighted by atomic mass is 35.5. The zero-order valence-electron chi connectivity index (χ0n) is 17.6. The maximum absolute atomic E-state index is 13.7. The highest BCUT2D eigenvalue weighted by Gasteiger charge is 2.64. The van der Waals surface area contributed by atoms with Crippen LogP contribution in [-0.4, -0.2) is 23.4 Å². The van der Waals surface area contributed by atoms with Gasteiger partial charge in [0.15, 0.2) is 0 Å². The summed E-state index contributed by atoms with van der Waals surface area (Å²) in [4.78, 5) is 38.5. The van der Waals surface area contributed by atoms with E-state index in [0.717, 1.165) is 0 Å². The summed E-state index contributed by atoms with van der Waals surface area (Å²) in [7, 11) is 0. The van der Waals surface area contributed by atoms with Crippen molar-refractivity contribution < 1.29 is 24.0 Å². The summed E-state index contributed by atoms with van der Waals surface area (Å²) >= 11 is 11.8. The first-order valence-electron chi connectivity index (χ1n) is 10.1. The van der Waals surface area contributed by atoms with Gasteiger partial charge in [-0.3, -0.25) is 19.7 Å². The van der Waals surface area contributed by atoms with Crippen molar-refractivity contribution in [1.29, 1.82) is 0 Å². The van der Waals surface area contributed by atoms with E-state index in [1.807, 2.05) is 0 Å². The van der Waals surface area contributed by atoms with Crippen LogP contribution in [0.5, 0.6) is 11.5 Å². The molecule has 0 fully saturated rings. The molecule has 1 aliphatic carbocycles. The minimum atomic E-state index is -2.20. The lowest BCUT2D eigenvalue weighted by Crippen LogP contribution is -2.48. The Hall–Kier alpha value is -3.68. The molecule has 0 radical (unpaired) electrons. The summed E-state index contributed by atoms with van der Waals surface area (Å²) in [5.74, 6) is -3.07. The molecule has 0 aliphatic heterocycles. The molecule has 9 heteroatoms. The zero-order valence-corrected chi connectivity index (χ0v) is 19.1. The van der Waals surface area contributed by atoms with E-state index in [4.69, 9.17) is 32.7 Å². The molecule has 0 saturated carbocycles. The SMILES string of the molecule is C=C1c2ccccc2[C@@H](C[N+](=O)[O-])C1(C(=O)Oc1ccc(Cl)cc1)C(=O)Oc1ccc(Cl)cc1. The standard InChI is InChI=1S/C25H17Cl2NO6/c1-15-20-4-2-3-5-21(20)22(14-28(31)32)25(15,23(29)33-18-10-6-16(26)7-11-18)24(30)34-19-12-8-17(27)9-13-19/h2-13,22H,1,14H2/t22-/m1/s1. The third-order valence-corrected chi connectivity index (χ3v) is 6.19. The minimum Gasteiger partial charge on any atom is -0.425 e. The highest BCUT2D eigenvalue weighted by Crippen LogP contribution is 2.56. The monoisotopic (exact) mass is 497 g/mol. The fraction of sp³-hybridized carbons (Fsp3) is 0.120. The smallest absolute Gasteiger partial charge is 0.334 e. The Kier molecular flexibility index (Phi) is 6.41. The number of hydrogen-bond acceptors (Lipinski definition) is 6. The highest BCUT2D eigenvalue weighted by molar-refractivity contribution is 6.30. The van der Waals surface area contributed by atoms with E-state index in [1.54, 1.807) is 24.3 Å². The molecule has 0 saturated heterocycles. The van der Waals surface area contributed by atoms with Crippen LogP contribution in [0.15, 0.2) is 79.4 Å². The molecule has 1 aliphatic rings. The van der Waals surface area contributed by atoms with Gasteiger partial charge in [-0.1, -0.05) is 54.0 Å². The number of esters is 2. The average molecular weight is 498 g/mol. The lowest BCUT2D eigenvalue weighted by molar-refractivity contribution is -0.484. The molecule has 1 atom stereocenters. The second kappa shape index (κ2) is 9.29. The number of fused-ring (bicyclic) bond motifs is 1. The Balaban J connectivity index is 1.84. The third kappa shape index (κ3) is 4.16. The summed E-state index contributed by atoms with van der Waals surface area (Å²) in [5, 5.41) is 12.5. The first-order chi connectivity index (χ1) is 16.2. The fourth-order valence-electron chi connectivity index (χ4n) is 4.11. The van der Waals surface area contributed by atoms with Crippen LogP contribution < -0.4 is 9.47 Å². The van der Waals surface area contributed by atoms with Crippen molar-refractivity contribution in [3.63, 3.8) is 0 Å². The Labute approximate surface area is 204 Å². The predicted molar refractivity (Wildman–Crippen MR) is 127 cm³/mol. The first-order valence-corrected chi connectivity index (χ1v) is 10.8. The summed E-state index contributed by atoms with van der Waals surface area (Å²) in [6.07, 6.45) is 0. The molecule has 0 N–H and O–H groups in total. The Bertz CT molecular complexity index is 1230. The quantitative estimate of drug-likeness (QED) is 0.145. The van der Waals surface area contributed by atoms with E-state index in [-0.39, 0.29) is 17.1 Å². The number of hydrogen-bond donors (Lipinski definition) is 0. The number of benzene rings is 3. The number of carbonyl (C=O) groups is 2. The van der Waals surface area contributed by atoms with Crippen LogP contribution in [0.1, 0.15) is 17.0 Å². The van der Waals surface area contributed by atoms with Crippen molar-refractivity contribution in [3.8, 4) is 11.5 Å². The number of ether oxygens (including phenoxy) is 2. The summed E-state index contributed by atoms with van der Waals surface area (Å²) in [5.41, 5.74) is -1.25. The summed E-state index contributed by atoms with van der Waals surface area (Å²) < 4.78 is 11.1. The third-order valence-electron chi connectivity index (χ3n) is 5.68. The van der Waals surface area contributed by atoms with Crippen LogP contribution in [0, 0.1) is 15.5 Å². The van der Waals surface area contributed by atoms with E-state index in [2.05, 4.69) is 6.58 Å². The molecule has 172 valence electrons. The van der Waals surface area contributed by atoms with E-state index in [1.165, 1.54) is 48.5 Å². The molecule has 0 unspecified atom stereocenters. The van der Waals surface area contributed by atoms with Crippen molar-refractivity contribution in [2.24, 2.45) is 5.41 Å². The van der Waals surface area contributed by atoms with Crippen molar-refractivity contribution >= 4 is 40.7 Å². The van der Waals surface area contributed by atoms with Crippen LogP contribution >= 0.6 is 23.2 Å². The topological polar surface area (TPSA) is 95.7 Å². The van der Waals surface area contributed by atoms with Crippen molar-refractivity contribution in [3.05, 3.63) is 111 Å². The number of carbonyl (C=O) groups excluding carboxylic acids is 2. The van der Waals surface area contributed by atoms with Crippen LogP contribution in [0.3, 0.4) is 0 Å². The van der Waals surface area contributed by atoms with Crippen molar-refractivity contribution in [1.82, 2.24) is 0 Å². The van der Waals surface area contributed by atoms with Gasteiger partial charge in [0, 0.05) is 15.0 Å². The van der Waals surface area contributed by atoms with Gasteiger partial charge in [-0.2, -0.15) is 0 Å². The number of nitrogens with zero attached hydrogens (tertiary/aromatic N) is 1. The Morgan fingerprint density at radius 1 is 0.882 bits per heavy atom. The van der Waals surface area contributed by atoms with Gasteiger partial charge in [0.2, 0.25) is 12.0 Å². The van der Waals surface area contributed by atoms with E-state index >= 15 is 0 Å². The van der Waals surface area contributed by atoms with Gasteiger partial charge in [-0.25, -0.2) is 0 Å². The molecule has 34 heavy (non-hydrogen) atoms. The molecule has 4 rings (SSSR count). The van der Waals surface area contributed by atoms with Crippen LogP contribution in [0.25, 0.3) is 5.57 Å². The van der Waals surface area contributed by atoms with Crippen LogP contribution in [0.2, 0.25) is 10.0 Å². The molecule has 0 heterocycles. The maximum atomic E-state index is 13.7. The van der Waals surface area contributed by atoms with Crippen molar-refractivity contribution in [2.75, 3.05) is 6.54 Å². The van der Waals surface area contributed by atoms with Gasteiger partial charge in [-0.05, 0) is 65.2 Å². The van der Waals surface area contributed by atoms with E-state index < -0.39 is 34.7 Å². The van der Waals surface area contributed by atoms with E-state index in [0.29, 0.717) is 21.2 Å². The van der Waals surface area contributed by atoms with E-state index in [9.17, 15) is 19.7 Å². The van der Waals surface area contributed by atoms with Gasteiger partial charge in [0.25, 0.3) is 0 Å². The molecule has 0 spiro atoms. The molecule has 0 aromatic heterocycles. The number of halogens is 2. The van der Waals surface area contributed by atoms with Crippen LogP contribution in [0.4, 0.5) is 0 Å². The van der Waals surface area contributed by atoms with Crippen molar-refractivity contribution in [2.45, 2.75) is 5.92 Å². The second-order valence-corrected chi connectivity index (χ2v) is 8.50. The Morgan fingerprint density at radius 3 is 1.82 bits per heavy atom. The largest absolute Gasteiger partial charge is 0.425 e. The number of rotatable bonds is 6. The minimum absolute atomic E-state index is 0.0628. The molecule has 0 amide bonds. The molecule has 3 aromatic carbocycles. The maximum Gasteiger partial charge on any atom is 0.334 e. The van der Waals surface area contributed by atoms with Crippen LogP contribution in [-0.2, 0) is 9.59 Å². The number of nitro groups is 1. The second-order valence-electron chi connectivity index (χ2n) is 7.63. The van der Waals surface area contributed by atoms with Gasteiger partial charge in [0.1, 0.15) is 11.5 Å². The molecular weight excluding hydrogens is 481 g/mol. The normalized spacial score (nSPS) is 15.9. The zero-order chi connectivity index (χ0) is 24.5. The predicted octanol–water partition coefficient (Wildman–Crippen LogP) is 5.58. The average Bonchev–Trinajstić information content (AvgIpc) is 3.05. The first kappa shape index (κ1) is 23.5. The Morgan fingerprint density at radius 2 is 1.35 bits per heavy atom. The summed E-state index contributed by atoms with van der Waals surface area (Å²) in [6, 6.07) is 18.5. The summed E-state index contributed by atoms with van der Waals surface area (Å²) in [6.45, 7) is 3.27. The van der Waals surface area contributed by atoms with Gasteiger partial charge in [-0.15, -0.1) is 0 Å². The molecule has 7 nitrogen and oxygen atoms in total. The molecule has 3 aromatic rings. The molecular formula is C25H17Cl2NO6. The van der Waals surface area contributed by atoms with Gasteiger partial charge in [0.05, 0.1) is 5.92 Å². The lowest BCUT2D eigenvalue weighted by atomic mass is 9.73.